The minimum Gasteiger partial charge on any atom is -0.480 e. The second kappa shape index (κ2) is 10.8. The Bertz CT molecular complexity index is 659. The number of carboxylic acid groups (broad SMARTS) is 1. The number of nitrogens with one attached hydrogen (secondary N) is 1. The van der Waals surface area contributed by atoms with Gasteiger partial charge in [-0.25, -0.2) is 0 Å². The first-order chi connectivity index (χ1) is 13.2. The number of carboxylic acids is 1. The molecule has 0 aromatic heterocycles. The van der Waals surface area contributed by atoms with Gasteiger partial charge in [0.05, 0.1) is 0 Å². The summed E-state index contributed by atoms with van der Waals surface area (Å²) in [6.07, 6.45) is 4.97. The third-order valence-corrected chi connectivity index (χ3v) is 6.23. The van der Waals surface area contributed by atoms with Crippen molar-refractivity contribution in [1.82, 2.24) is 5.32 Å². The van der Waals surface area contributed by atoms with Crippen molar-refractivity contribution in [2.75, 3.05) is 6.54 Å². The van der Waals surface area contributed by atoms with Crippen molar-refractivity contribution < 1.29 is 19.9 Å². The van der Waals surface area contributed by atoms with Crippen molar-refractivity contribution in [2.45, 2.75) is 62.8 Å². The number of carbonyl (C=O) groups is 1. The Balaban J connectivity index is 1.68. The van der Waals surface area contributed by atoms with Crippen molar-refractivity contribution >= 4 is 36.3 Å². The van der Waals surface area contributed by atoms with E-state index >= 15 is 0 Å². The number of hydrogen-bond donors (Lipinski definition) is 5. The third kappa shape index (κ3) is 6.61. The normalized spacial score (nSPS) is 21.0. The molecule has 1 aromatic rings. The van der Waals surface area contributed by atoms with Crippen LogP contribution >= 0.6 is 23.2 Å². The lowest BCUT2D eigenvalue weighted by molar-refractivity contribution is -0.148. The fraction of sp³-hybridized carbons (Fsp3) is 0.632. The maximum atomic E-state index is 11.7. The molecule has 1 aromatic carbocycles. The van der Waals surface area contributed by atoms with Gasteiger partial charge in [0, 0.05) is 16.1 Å². The van der Waals surface area contributed by atoms with Gasteiger partial charge in [-0.2, -0.15) is 0 Å². The van der Waals surface area contributed by atoms with Crippen molar-refractivity contribution in [1.29, 1.82) is 0 Å². The van der Waals surface area contributed by atoms with Crippen LogP contribution in [0.15, 0.2) is 18.2 Å². The topological polar surface area (TPSA) is 116 Å². The molecule has 9 heteroatoms. The van der Waals surface area contributed by atoms with E-state index in [1.807, 2.05) is 12.1 Å². The molecule has 0 radical (unpaired) electrons. The second-order valence-electron chi connectivity index (χ2n) is 7.73. The number of unbranched alkanes of at least 4 members (excludes halogenated alkanes) is 1. The number of aliphatic carboxylic acids is 1. The molecular formula is C19H29BCl2N2O4. The molecule has 1 aliphatic carbocycles. The first-order valence-corrected chi connectivity index (χ1v) is 10.5. The second-order valence-corrected chi connectivity index (χ2v) is 8.57. The van der Waals surface area contributed by atoms with Gasteiger partial charge < -0.3 is 26.2 Å². The number of aryl methyl sites for hydroxylation is 1. The predicted octanol–water partition coefficient (Wildman–Crippen LogP) is 2.72. The maximum Gasteiger partial charge on any atom is 0.451 e. The molecule has 1 fully saturated rings. The SMILES string of the molecule is NC(CCCCB(O)O)(C(=O)O)C1CC(NCCCc2ccc(Cl)cc2Cl)C1. The smallest absolute Gasteiger partial charge is 0.451 e. The van der Waals surface area contributed by atoms with Crippen LogP contribution in [0.4, 0.5) is 0 Å². The van der Waals surface area contributed by atoms with Crippen LogP contribution in [0.25, 0.3) is 0 Å². The van der Waals surface area contributed by atoms with Crippen molar-refractivity contribution in [3.05, 3.63) is 33.8 Å². The lowest BCUT2D eigenvalue weighted by Crippen LogP contribution is -2.61. The van der Waals surface area contributed by atoms with Gasteiger partial charge in [-0.15, -0.1) is 0 Å². The zero-order valence-electron chi connectivity index (χ0n) is 15.9. The van der Waals surface area contributed by atoms with Crippen LogP contribution in [0.3, 0.4) is 0 Å². The molecule has 0 heterocycles. The highest BCUT2D eigenvalue weighted by Gasteiger charge is 2.47. The van der Waals surface area contributed by atoms with Crippen LogP contribution < -0.4 is 11.1 Å². The number of nitrogens with two attached hydrogens (primary N) is 1. The average Bonchev–Trinajstić information content (AvgIpc) is 2.58. The first-order valence-electron chi connectivity index (χ1n) is 9.78. The Labute approximate surface area is 176 Å². The molecular weight excluding hydrogens is 402 g/mol. The van der Waals surface area contributed by atoms with E-state index in [0.29, 0.717) is 29.3 Å². The summed E-state index contributed by atoms with van der Waals surface area (Å²) in [5, 5.41) is 32.1. The predicted molar refractivity (Wildman–Crippen MR) is 113 cm³/mol. The average molecular weight is 431 g/mol. The van der Waals surface area contributed by atoms with Crippen LogP contribution in [0.1, 0.15) is 44.1 Å². The number of hydrogen-bond acceptors (Lipinski definition) is 5. The molecule has 1 unspecified atom stereocenters. The standard InChI is InChI=1S/C19H29BCl2N2O4/c21-15-6-5-13(17(22)12-15)4-3-9-24-16-10-14(11-16)19(23,18(25)26)7-1-2-8-20(27)28/h5-6,12,14,16,24,27-28H,1-4,7-11,23H2,(H,25,26). The summed E-state index contributed by atoms with van der Waals surface area (Å²) in [7, 11) is -1.35. The van der Waals surface area contributed by atoms with E-state index in [4.69, 9.17) is 39.0 Å². The number of benzene rings is 1. The fourth-order valence-corrected chi connectivity index (χ4v) is 4.25. The third-order valence-electron chi connectivity index (χ3n) is 5.64. The molecule has 0 bridgehead atoms. The molecule has 1 aliphatic rings. The summed E-state index contributed by atoms with van der Waals surface area (Å²) < 4.78 is 0. The van der Waals surface area contributed by atoms with Gasteiger partial charge in [0.2, 0.25) is 0 Å². The Morgan fingerprint density at radius 1 is 1.25 bits per heavy atom. The van der Waals surface area contributed by atoms with Gasteiger partial charge in [-0.05, 0) is 68.6 Å². The summed E-state index contributed by atoms with van der Waals surface area (Å²) in [5.74, 6) is -1.04. The summed E-state index contributed by atoms with van der Waals surface area (Å²) >= 11 is 12.1. The van der Waals surface area contributed by atoms with E-state index in [2.05, 4.69) is 5.32 Å². The van der Waals surface area contributed by atoms with E-state index in [1.54, 1.807) is 6.07 Å². The van der Waals surface area contributed by atoms with E-state index in [9.17, 15) is 9.90 Å². The molecule has 28 heavy (non-hydrogen) atoms. The van der Waals surface area contributed by atoms with Crippen LogP contribution in [0, 0.1) is 5.92 Å². The zero-order valence-corrected chi connectivity index (χ0v) is 17.4. The first kappa shape index (κ1) is 23.5. The Kier molecular flexibility index (Phi) is 9.05. The fourth-order valence-electron chi connectivity index (χ4n) is 3.74. The highest BCUT2D eigenvalue weighted by Crippen LogP contribution is 2.38. The molecule has 0 spiro atoms. The molecule has 6 N–H and O–H groups in total. The number of rotatable bonds is 12. The molecule has 1 atom stereocenters. The van der Waals surface area contributed by atoms with Crippen LogP contribution in [0.2, 0.25) is 16.4 Å². The quantitative estimate of drug-likeness (QED) is 0.257. The minimum absolute atomic E-state index is 0.0627. The largest absolute Gasteiger partial charge is 0.480 e. The minimum atomic E-state index is -1.35. The lowest BCUT2D eigenvalue weighted by Gasteiger charge is -2.45. The van der Waals surface area contributed by atoms with Gasteiger partial charge in [-0.1, -0.05) is 42.1 Å². The molecule has 2 rings (SSSR count). The van der Waals surface area contributed by atoms with Gasteiger partial charge in [0.15, 0.2) is 0 Å². The highest BCUT2D eigenvalue weighted by molar-refractivity contribution is 6.40. The monoisotopic (exact) mass is 430 g/mol. The summed E-state index contributed by atoms with van der Waals surface area (Å²) in [6, 6.07) is 5.80. The van der Waals surface area contributed by atoms with Gasteiger partial charge in [0.1, 0.15) is 5.54 Å². The molecule has 6 nitrogen and oxygen atoms in total. The van der Waals surface area contributed by atoms with Crippen molar-refractivity contribution in [3.8, 4) is 0 Å². The van der Waals surface area contributed by atoms with Crippen LogP contribution in [0.5, 0.6) is 0 Å². The summed E-state index contributed by atoms with van der Waals surface area (Å²) in [6.45, 7) is 0.829. The summed E-state index contributed by atoms with van der Waals surface area (Å²) in [4.78, 5) is 11.7. The van der Waals surface area contributed by atoms with Gasteiger partial charge in [0.25, 0.3) is 0 Å². The van der Waals surface area contributed by atoms with Gasteiger partial charge in [-0.3, -0.25) is 4.79 Å². The Morgan fingerprint density at radius 3 is 2.57 bits per heavy atom. The molecule has 1 saturated carbocycles. The van der Waals surface area contributed by atoms with Gasteiger partial charge >= 0.3 is 13.1 Å². The van der Waals surface area contributed by atoms with E-state index in [1.165, 1.54) is 0 Å². The van der Waals surface area contributed by atoms with E-state index < -0.39 is 18.6 Å². The highest BCUT2D eigenvalue weighted by atomic mass is 35.5. The molecule has 0 aliphatic heterocycles. The maximum absolute atomic E-state index is 11.7. The summed E-state index contributed by atoms with van der Waals surface area (Å²) in [5.41, 5.74) is 6.04. The van der Waals surface area contributed by atoms with Crippen LogP contribution in [-0.2, 0) is 11.2 Å². The van der Waals surface area contributed by atoms with Crippen molar-refractivity contribution in [3.63, 3.8) is 0 Å². The molecule has 0 amide bonds. The van der Waals surface area contributed by atoms with Crippen molar-refractivity contribution in [2.24, 2.45) is 11.7 Å². The number of halogens is 2. The molecule has 156 valence electrons. The Hall–Kier alpha value is -0.825. The Morgan fingerprint density at radius 2 is 1.96 bits per heavy atom. The molecule has 0 saturated heterocycles. The lowest BCUT2D eigenvalue weighted by atomic mass is 9.66. The van der Waals surface area contributed by atoms with Crippen LogP contribution in [-0.4, -0.2) is 46.4 Å². The zero-order chi connectivity index (χ0) is 20.7. The van der Waals surface area contributed by atoms with E-state index in [0.717, 1.165) is 37.8 Å². The van der Waals surface area contributed by atoms with E-state index in [-0.39, 0.29) is 18.3 Å².